The Hall–Kier alpha value is -0.890. The molecule has 0 bridgehead atoms. The lowest BCUT2D eigenvalue weighted by Crippen LogP contribution is -2.09. The summed E-state index contributed by atoms with van der Waals surface area (Å²) in [5, 5.41) is 9.05. The van der Waals surface area contributed by atoms with Crippen molar-refractivity contribution in [2.45, 2.75) is 17.6 Å². The summed E-state index contributed by atoms with van der Waals surface area (Å²) in [4.78, 5) is 11.7. The van der Waals surface area contributed by atoms with Crippen LogP contribution in [0.2, 0.25) is 4.34 Å². The Morgan fingerprint density at radius 1 is 1.38 bits per heavy atom. The number of sulfone groups is 1. The van der Waals surface area contributed by atoms with Crippen LogP contribution in [0.15, 0.2) is 33.6 Å². The van der Waals surface area contributed by atoms with Gasteiger partial charge in [-0.25, -0.2) is 13.2 Å². The number of thiophene rings is 1. The Kier molecular flexibility index (Phi) is 4.77. The predicted octanol–water partition coefficient (Wildman–Crippen LogP) is 4.14. The van der Waals surface area contributed by atoms with Gasteiger partial charge in [-0.15, -0.1) is 11.3 Å². The van der Waals surface area contributed by atoms with Gasteiger partial charge in [0.1, 0.15) is 0 Å². The Morgan fingerprint density at radius 3 is 2.57 bits per heavy atom. The number of halogens is 2. The third kappa shape index (κ3) is 3.66. The van der Waals surface area contributed by atoms with Crippen LogP contribution in [0.5, 0.6) is 0 Å². The fraction of sp³-hybridized carbons (Fsp3) is 0.154. The molecule has 0 atom stereocenters. The summed E-state index contributed by atoms with van der Waals surface area (Å²) in [7, 11) is -3.65. The standard InChI is InChI=1S/C13H10BrClO4S2/c1-7-10(14)4-8(13(16)17)5-11(7)21(18,19)6-9-2-3-12(15)20-9/h2-5H,6H2,1H3,(H,16,17). The first kappa shape index (κ1) is 16.5. The molecule has 0 fully saturated rings. The summed E-state index contributed by atoms with van der Waals surface area (Å²) >= 11 is 10.2. The minimum Gasteiger partial charge on any atom is -0.478 e. The first-order chi connectivity index (χ1) is 9.70. The fourth-order valence-corrected chi connectivity index (χ4v) is 5.48. The molecule has 0 radical (unpaired) electrons. The molecular formula is C13H10BrClO4S2. The van der Waals surface area contributed by atoms with E-state index in [-0.39, 0.29) is 16.2 Å². The molecule has 2 rings (SSSR count). The van der Waals surface area contributed by atoms with Crippen molar-refractivity contribution in [2.24, 2.45) is 0 Å². The summed E-state index contributed by atoms with van der Waals surface area (Å²) in [5.41, 5.74) is 0.415. The molecule has 8 heteroatoms. The van der Waals surface area contributed by atoms with Crippen molar-refractivity contribution in [3.63, 3.8) is 0 Å². The summed E-state index contributed by atoms with van der Waals surface area (Å²) in [6.45, 7) is 1.63. The highest BCUT2D eigenvalue weighted by Crippen LogP contribution is 2.30. The molecule has 2 aromatic rings. The van der Waals surface area contributed by atoms with Crippen LogP contribution in [-0.2, 0) is 15.6 Å². The molecule has 21 heavy (non-hydrogen) atoms. The van der Waals surface area contributed by atoms with Gasteiger partial charge in [-0.2, -0.15) is 0 Å². The molecule has 0 aliphatic carbocycles. The van der Waals surface area contributed by atoms with Crippen LogP contribution in [0.4, 0.5) is 0 Å². The van der Waals surface area contributed by atoms with Crippen molar-refractivity contribution in [1.82, 2.24) is 0 Å². The van der Waals surface area contributed by atoms with Crippen LogP contribution in [0, 0.1) is 6.92 Å². The molecular weight excluding hydrogens is 400 g/mol. The fourth-order valence-electron chi connectivity index (χ4n) is 1.79. The van der Waals surface area contributed by atoms with Gasteiger partial charge in [-0.1, -0.05) is 27.5 Å². The van der Waals surface area contributed by atoms with Crippen molar-refractivity contribution in [2.75, 3.05) is 0 Å². The largest absolute Gasteiger partial charge is 0.478 e. The van der Waals surface area contributed by atoms with Gasteiger partial charge in [-0.05, 0) is 36.8 Å². The number of hydrogen-bond donors (Lipinski definition) is 1. The molecule has 1 heterocycles. The normalized spacial score (nSPS) is 11.6. The molecule has 0 amide bonds. The highest BCUT2D eigenvalue weighted by atomic mass is 79.9. The number of carbonyl (C=O) groups is 1. The van der Waals surface area contributed by atoms with Gasteiger partial charge in [0.05, 0.1) is 20.5 Å². The third-order valence-electron chi connectivity index (χ3n) is 2.84. The Labute approximate surface area is 139 Å². The van der Waals surface area contributed by atoms with E-state index in [0.717, 1.165) is 0 Å². The van der Waals surface area contributed by atoms with Crippen LogP contribution in [0.25, 0.3) is 0 Å². The van der Waals surface area contributed by atoms with Crippen molar-refractivity contribution in [3.8, 4) is 0 Å². The maximum absolute atomic E-state index is 12.5. The molecule has 1 N–H and O–H groups in total. The van der Waals surface area contributed by atoms with E-state index in [1.807, 2.05) is 0 Å². The van der Waals surface area contributed by atoms with Gasteiger partial charge < -0.3 is 5.11 Å². The molecule has 1 aromatic heterocycles. The number of benzene rings is 1. The topological polar surface area (TPSA) is 71.4 Å². The quantitative estimate of drug-likeness (QED) is 0.823. The van der Waals surface area contributed by atoms with Crippen LogP contribution in [-0.4, -0.2) is 19.5 Å². The van der Waals surface area contributed by atoms with Gasteiger partial charge in [0.2, 0.25) is 0 Å². The number of hydrogen-bond acceptors (Lipinski definition) is 4. The van der Waals surface area contributed by atoms with E-state index in [1.54, 1.807) is 19.1 Å². The second-order valence-corrected chi connectivity index (χ2v) is 8.96. The summed E-state index contributed by atoms with van der Waals surface area (Å²) < 4.78 is 26.0. The molecule has 0 saturated carbocycles. The smallest absolute Gasteiger partial charge is 0.335 e. The molecule has 0 aliphatic rings. The SMILES string of the molecule is Cc1c(Br)cc(C(=O)O)cc1S(=O)(=O)Cc1ccc(Cl)s1. The number of carboxylic acid groups (broad SMARTS) is 1. The van der Waals surface area contributed by atoms with Gasteiger partial charge in [0, 0.05) is 9.35 Å². The van der Waals surface area contributed by atoms with Crippen molar-refractivity contribution in [1.29, 1.82) is 0 Å². The van der Waals surface area contributed by atoms with E-state index in [4.69, 9.17) is 16.7 Å². The minimum atomic E-state index is -3.65. The van der Waals surface area contributed by atoms with Crippen LogP contribution in [0.1, 0.15) is 20.8 Å². The van der Waals surface area contributed by atoms with E-state index in [9.17, 15) is 13.2 Å². The molecule has 0 saturated heterocycles. The van der Waals surface area contributed by atoms with Gasteiger partial charge in [0.15, 0.2) is 9.84 Å². The monoisotopic (exact) mass is 408 g/mol. The van der Waals surface area contributed by atoms with Gasteiger partial charge >= 0.3 is 5.97 Å². The molecule has 0 spiro atoms. The van der Waals surface area contributed by atoms with Crippen molar-refractivity contribution >= 4 is 54.7 Å². The highest BCUT2D eigenvalue weighted by molar-refractivity contribution is 9.10. The Bertz CT molecular complexity index is 812. The van der Waals surface area contributed by atoms with Crippen LogP contribution < -0.4 is 0 Å². The summed E-state index contributed by atoms with van der Waals surface area (Å²) in [5.74, 6) is -1.38. The first-order valence-corrected chi connectivity index (χ1v) is 9.35. The number of aromatic carboxylic acids is 1. The molecule has 1 aromatic carbocycles. The lowest BCUT2D eigenvalue weighted by atomic mass is 10.1. The predicted molar refractivity (Wildman–Crippen MR) is 86.1 cm³/mol. The summed E-state index contributed by atoms with van der Waals surface area (Å²) in [6, 6.07) is 5.86. The van der Waals surface area contributed by atoms with Gasteiger partial charge in [0.25, 0.3) is 0 Å². The average molecular weight is 410 g/mol. The second kappa shape index (κ2) is 6.08. The zero-order valence-electron chi connectivity index (χ0n) is 10.8. The van der Waals surface area contributed by atoms with E-state index in [1.165, 1.54) is 23.5 Å². The zero-order valence-corrected chi connectivity index (χ0v) is 14.7. The zero-order chi connectivity index (χ0) is 15.8. The lowest BCUT2D eigenvalue weighted by Gasteiger charge is -2.10. The first-order valence-electron chi connectivity index (χ1n) is 5.71. The van der Waals surface area contributed by atoms with E-state index in [0.29, 0.717) is 19.2 Å². The number of carboxylic acids is 1. The molecule has 0 unspecified atom stereocenters. The minimum absolute atomic E-state index is 0.0128. The second-order valence-electron chi connectivity index (χ2n) is 4.35. The lowest BCUT2D eigenvalue weighted by molar-refractivity contribution is 0.0696. The summed E-state index contributed by atoms with van der Waals surface area (Å²) in [6.07, 6.45) is 0. The van der Waals surface area contributed by atoms with Crippen LogP contribution >= 0.6 is 38.9 Å². The van der Waals surface area contributed by atoms with E-state index in [2.05, 4.69) is 15.9 Å². The molecule has 4 nitrogen and oxygen atoms in total. The van der Waals surface area contributed by atoms with E-state index < -0.39 is 15.8 Å². The average Bonchev–Trinajstić information content (AvgIpc) is 2.76. The van der Waals surface area contributed by atoms with Gasteiger partial charge in [-0.3, -0.25) is 0 Å². The van der Waals surface area contributed by atoms with E-state index >= 15 is 0 Å². The Balaban J connectivity index is 2.51. The molecule has 112 valence electrons. The van der Waals surface area contributed by atoms with Crippen molar-refractivity contribution in [3.05, 3.63) is 49.1 Å². The van der Waals surface area contributed by atoms with Crippen LogP contribution in [0.3, 0.4) is 0 Å². The maximum Gasteiger partial charge on any atom is 0.335 e. The van der Waals surface area contributed by atoms with Crippen molar-refractivity contribution < 1.29 is 18.3 Å². The third-order valence-corrected chi connectivity index (χ3v) is 6.86. The maximum atomic E-state index is 12.5. The highest BCUT2D eigenvalue weighted by Gasteiger charge is 2.22. The molecule has 0 aliphatic heterocycles. The number of rotatable bonds is 4. The Morgan fingerprint density at radius 2 is 2.05 bits per heavy atom.